The van der Waals surface area contributed by atoms with Gasteiger partial charge in [0.2, 0.25) is 0 Å². The summed E-state index contributed by atoms with van der Waals surface area (Å²) in [6.45, 7) is 0.465. The Morgan fingerprint density at radius 3 is 2.12 bits per heavy atom. The van der Waals surface area contributed by atoms with E-state index in [0.29, 0.717) is 12.5 Å². The van der Waals surface area contributed by atoms with Gasteiger partial charge in [-0.25, -0.2) is 23.0 Å². The van der Waals surface area contributed by atoms with Gasteiger partial charge in [0, 0.05) is 13.6 Å². The molecule has 1 aliphatic rings. The molecule has 13 heteroatoms. The van der Waals surface area contributed by atoms with Crippen LogP contribution in [0.25, 0.3) is 0 Å². The van der Waals surface area contributed by atoms with Crippen molar-refractivity contribution in [1.82, 2.24) is 4.98 Å². The Hall–Kier alpha value is -4.13. The zero-order valence-corrected chi connectivity index (χ0v) is 23.0. The summed E-state index contributed by atoms with van der Waals surface area (Å²) in [4.78, 5) is 26.9. The van der Waals surface area contributed by atoms with Crippen molar-refractivity contribution >= 4 is 33.5 Å². The lowest BCUT2D eigenvalue weighted by atomic mass is 9.84. The van der Waals surface area contributed by atoms with E-state index >= 15 is 0 Å². The van der Waals surface area contributed by atoms with E-state index < -0.39 is 28.1 Å². The quantitative estimate of drug-likeness (QED) is 0.294. The van der Waals surface area contributed by atoms with Crippen molar-refractivity contribution in [1.29, 1.82) is 0 Å². The molecule has 1 heterocycles. The van der Waals surface area contributed by atoms with E-state index in [0.717, 1.165) is 18.4 Å². The number of sulfonamides is 1. The second kappa shape index (κ2) is 13.5. The van der Waals surface area contributed by atoms with Crippen molar-refractivity contribution in [3.8, 4) is 0 Å². The maximum atomic E-state index is 12.9. The first kappa shape index (κ1) is 31.4. The van der Waals surface area contributed by atoms with Gasteiger partial charge in [-0.3, -0.25) is 4.72 Å². The molecule has 4 rings (SSSR count). The maximum absolute atomic E-state index is 12.9. The van der Waals surface area contributed by atoms with Gasteiger partial charge in [-0.15, -0.1) is 0 Å². The Bertz CT molecular complexity index is 1440. The van der Waals surface area contributed by atoms with Crippen molar-refractivity contribution in [2.75, 3.05) is 16.7 Å². The van der Waals surface area contributed by atoms with Crippen LogP contribution in [-0.4, -0.2) is 48.8 Å². The summed E-state index contributed by atoms with van der Waals surface area (Å²) in [6, 6.07) is 17.9. The lowest BCUT2D eigenvalue weighted by molar-refractivity contribution is -0.192. The summed E-state index contributed by atoms with van der Waals surface area (Å²) in [7, 11) is -2.13. The van der Waals surface area contributed by atoms with E-state index in [1.807, 2.05) is 42.5 Å². The first-order chi connectivity index (χ1) is 19.3. The molecule has 1 aliphatic carbocycles. The van der Waals surface area contributed by atoms with Gasteiger partial charge in [0.1, 0.15) is 11.4 Å². The zero-order valence-electron chi connectivity index (χ0n) is 22.1. The molecule has 0 atom stereocenters. The van der Waals surface area contributed by atoms with Gasteiger partial charge in [0.15, 0.2) is 0 Å². The molecule has 0 aliphatic heterocycles. The third-order valence-corrected chi connectivity index (χ3v) is 7.88. The van der Waals surface area contributed by atoms with Crippen LogP contribution in [-0.2, 0) is 21.4 Å². The molecule has 0 spiro atoms. The second-order valence-corrected chi connectivity index (χ2v) is 11.2. The number of carbonyl (C=O) groups is 2. The smallest absolute Gasteiger partial charge is 0.478 e. The number of pyridine rings is 1. The Kier molecular flexibility index (Phi) is 10.3. The number of anilines is 2. The third kappa shape index (κ3) is 8.93. The van der Waals surface area contributed by atoms with E-state index in [-0.39, 0.29) is 22.0 Å². The van der Waals surface area contributed by atoms with Crippen molar-refractivity contribution in [3.63, 3.8) is 0 Å². The first-order valence-corrected chi connectivity index (χ1v) is 14.2. The average molecular weight is 594 g/mol. The number of benzene rings is 2. The van der Waals surface area contributed by atoms with E-state index in [1.165, 1.54) is 37.1 Å². The molecule has 0 saturated heterocycles. The highest BCUT2D eigenvalue weighted by Gasteiger charge is 2.38. The van der Waals surface area contributed by atoms with Gasteiger partial charge in [-0.1, -0.05) is 61.7 Å². The summed E-state index contributed by atoms with van der Waals surface area (Å²) in [5.41, 5.74) is 2.20. The summed E-state index contributed by atoms with van der Waals surface area (Å²) in [5.74, 6) is -3.19. The minimum Gasteiger partial charge on any atom is -0.478 e. The van der Waals surface area contributed by atoms with E-state index in [9.17, 15) is 31.5 Å². The lowest BCUT2D eigenvalue weighted by Crippen LogP contribution is -2.21. The molecular formula is C28H30F3N3O6S. The number of alkyl halides is 3. The van der Waals surface area contributed by atoms with Gasteiger partial charge in [-0.2, -0.15) is 13.2 Å². The summed E-state index contributed by atoms with van der Waals surface area (Å²) >= 11 is 0. The number of nitrogens with zero attached hydrogens (tertiary/aromatic N) is 2. The Labute approximate surface area is 235 Å². The fourth-order valence-electron chi connectivity index (χ4n) is 4.48. The lowest BCUT2D eigenvalue weighted by Gasteiger charge is -2.22. The monoisotopic (exact) mass is 593 g/mol. The number of carboxylic acids is 2. The van der Waals surface area contributed by atoms with Crippen LogP contribution in [0, 0.1) is 0 Å². The molecule has 3 N–H and O–H groups in total. The number of aromatic carboxylic acids is 1. The Morgan fingerprint density at radius 1 is 1.00 bits per heavy atom. The predicted molar refractivity (Wildman–Crippen MR) is 147 cm³/mol. The van der Waals surface area contributed by atoms with Crippen LogP contribution in [0.3, 0.4) is 0 Å². The molecule has 0 unspecified atom stereocenters. The largest absolute Gasteiger partial charge is 0.490 e. The van der Waals surface area contributed by atoms with E-state index in [2.05, 4.69) is 9.71 Å². The highest BCUT2D eigenvalue weighted by molar-refractivity contribution is 7.92. The van der Waals surface area contributed by atoms with Crippen LogP contribution < -0.4 is 9.62 Å². The highest BCUT2D eigenvalue weighted by atomic mass is 32.2. The first-order valence-electron chi connectivity index (χ1n) is 12.7. The number of rotatable bonds is 8. The molecule has 9 nitrogen and oxygen atoms in total. The summed E-state index contributed by atoms with van der Waals surface area (Å²) in [6.07, 6.45) is 2.22. The Morgan fingerprint density at radius 2 is 1.59 bits per heavy atom. The number of hydrogen-bond donors (Lipinski definition) is 3. The molecule has 41 heavy (non-hydrogen) atoms. The van der Waals surface area contributed by atoms with E-state index in [1.54, 1.807) is 24.1 Å². The molecule has 0 radical (unpaired) electrons. The number of carboxylic acid groups (broad SMARTS) is 2. The van der Waals surface area contributed by atoms with Gasteiger partial charge >= 0.3 is 18.1 Å². The highest BCUT2D eigenvalue weighted by Crippen LogP contribution is 2.33. The van der Waals surface area contributed by atoms with Gasteiger partial charge in [0.25, 0.3) is 10.0 Å². The molecule has 3 aromatic rings. The molecule has 0 bridgehead atoms. The number of halogens is 3. The topological polar surface area (TPSA) is 137 Å². The molecule has 1 saturated carbocycles. The van der Waals surface area contributed by atoms with Crippen molar-refractivity contribution < 1.29 is 41.4 Å². The molecule has 1 aromatic heterocycles. The number of aliphatic carboxylic acids is 1. The minimum absolute atomic E-state index is 0.0775. The number of hydrogen-bond acceptors (Lipinski definition) is 6. The molecule has 220 valence electrons. The van der Waals surface area contributed by atoms with Gasteiger partial charge in [0.05, 0.1) is 16.8 Å². The third-order valence-electron chi connectivity index (χ3n) is 6.48. The van der Waals surface area contributed by atoms with Gasteiger partial charge in [-0.05, 0) is 48.1 Å². The summed E-state index contributed by atoms with van der Waals surface area (Å²) < 4.78 is 60.1. The van der Waals surface area contributed by atoms with Crippen LogP contribution in [0.15, 0.2) is 71.8 Å². The Balaban J connectivity index is 0.000000587. The fraction of sp³-hybridized carbons (Fsp3) is 0.321. The fourth-order valence-corrected chi connectivity index (χ4v) is 5.51. The van der Waals surface area contributed by atoms with Crippen molar-refractivity contribution in [2.24, 2.45) is 0 Å². The van der Waals surface area contributed by atoms with E-state index in [4.69, 9.17) is 9.90 Å². The number of aromatic nitrogens is 1. The van der Waals surface area contributed by atoms with Crippen molar-refractivity contribution in [2.45, 2.75) is 55.6 Å². The average Bonchev–Trinajstić information content (AvgIpc) is 2.93. The van der Waals surface area contributed by atoms with Gasteiger partial charge < -0.3 is 15.1 Å². The standard InChI is InChI=1S/C26H29N3O4S.C2HF3O2/c1-29(18-19-8-4-2-5-9-19)25-24(26(30)31)16-22(17-27-25)28-34(32,33)23-14-12-21(13-15-23)20-10-6-3-7-11-20;3-2(4,5)1(6)7/h2,4-5,8-9,12-17,20,28H,3,6-7,10-11,18H2,1H3,(H,30,31);(H,6,7). The second-order valence-electron chi connectivity index (χ2n) is 9.55. The van der Waals surface area contributed by atoms with Crippen LogP contribution in [0.5, 0.6) is 0 Å². The minimum atomic E-state index is -5.08. The number of nitrogens with one attached hydrogen (secondary N) is 1. The van der Waals surface area contributed by atoms with Crippen molar-refractivity contribution in [3.05, 3.63) is 83.6 Å². The SMILES string of the molecule is CN(Cc1ccccc1)c1ncc(NS(=O)(=O)c2ccc(C3CCCCC3)cc2)cc1C(=O)O.O=C(O)C(F)(F)F. The molecule has 0 amide bonds. The summed E-state index contributed by atoms with van der Waals surface area (Å²) in [5, 5.41) is 16.9. The van der Waals surface area contributed by atoms with Crippen LogP contribution in [0.2, 0.25) is 0 Å². The van der Waals surface area contributed by atoms with Crippen LogP contribution in [0.4, 0.5) is 24.7 Å². The predicted octanol–water partition coefficient (Wildman–Crippen LogP) is 5.90. The molecule has 2 aromatic carbocycles. The van der Waals surface area contributed by atoms with Crippen LogP contribution >= 0.6 is 0 Å². The zero-order chi connectivity index (χ0) is 30.2. The molecular weight excluding hydrogens is 563 g/mol. The maximum Gasteiger partial charge on any atom is 0.490 e. The normalized spacial score (nSPS) is 14.0. The van der Waals surface area contributed by atoms with Crippen LogP contribution in [0.1, 0.15) is 59.5 Å². The molecule has 1 fully saturated rings.